The van der Waals surface area contributed by atoms with Crippen molar-refractivity contribution in [1.82, 2.24) is 14.8 Å². The van der Waals surface area contributed by atoms with Crippen molar-refractivity contribution in [2.45, 2.75) is 13.3 Å². The zero-order valence-electron chi connectivity index (χ0n) is 15.1. The number of hydrogen-bond donors (Lipinski definition) is 1. The first-order valence-corrected chi connectivity index (χ1v) is 8.76. The summed E-state index contributed by atoms with van der Waals surface area (Å²) >= 11 is 0. The highest BCUT2D eigenvalue weighted by atomic mass is 16.4. The van der Waals surface area contributed by atoms with Gasteiger partial charge in [-0.1, -0.05) is 29.8 Å². The van der Waals surface area contributed by atoms with Crippen molar-refractivity contribution in [3.05, 3.63) is 65.0 Å². The van der Waals surface area contributed by atoms with E-state index in [-0.39, 0.29) is 17.5 Å². The van der Waals surface area contributed by atoms with E-state index in [1.165, 1.54) is 18.3 Å². The van der Waals surface area contributed by atoms with Crippen LogP contribution in [-0.2, 0) is 11.2 Å². The molecule has 0 bridgehead atoms. The smallest absolute Gasteiger partial charge is 0.354 e. The average Bonchev–Trinajstić information content (AvgIpc) is 2.69. The van der Waals surface area contributed by atoms with Gasteiger partial charge in [0.2, 0.25) is 5.91 Å². The van der Waals surface area contributed by atoms with Crippen LogP contribution in [0.1, 0.15) is 32.0 Å². The minimum atomic E-state index is -1.17. The number of hydrogen-bond acceptors (Lipinski definition) is 4. The van der Waals surface area contributed by atoms with Crippen molar-refractivity contribution in [1.29, 1.82) is 0 Å². The molecule has 1 aliphatic rings. The van der Waals surface area contributed by atoms with Gasteiger partial charge in [-0.3, -0.25) is 9.59 Å². The number of pyridine rings is 1. The molecule has 2 amide bonds. The molecule has 0 spiro atoms. The third kappa shape index (κ3) is 4.49. The normalized spacial score (nSPS) is 14.1. The van der Waals surface area contributed by atoms with Crippen LogP contribution in [0.2, 0.25) is 0 Å². The van der Waals surface area contributed by atoms with Crippen molar-refractivity contribution in [2.75, 3.05) is 26.2 Å². The Bertz CT molecular complexity index is 856. The molecule has 1 saturated heterocycles. The summed E-state index contributed by atoms with van der Waals surface area (Å²) in [5, 5.41) is 9.00. The van der Waals surface area contributed by atoms with E-state index in [4.69, 9.17) is 5.11 Å². The van der Waals surface area contributed by atoms with Gasteiger partial charge in [-0.25, -0.2) is 9.78 Å². The number of rotatable bonds is 4. The van der Waals surface area contributed by atoms with Crippen LogP contribution >= 0.6 is 0 Å². The molecule has 0 aliphatic carbocycles. The van der Waals surface area contributed by atoms with Gasteiger partial charge in [-0.2, -0.15) is 0 Å². The molecule has 7 heteroatoms. The van der Waals surface area contributed by atoms with Crippen LogP contribution < -0.4 is 0 Å². The van der Waals surface area contributed by atoms with E-state index < -0.39 is 5.97 Å². The first-order chi connectivity index (χ1) is 12.9. The number of carboxylic acid groups (broad SMARTS) is 1. The molecular weight excluding hydrogens is 346 g/mol. The molecule has 1 fully saturated rings. The van der Waals surface area contributed by atoms with E-state index >= 15 is 0 Å². The Morgan fingerprint density at radius 2 is 1.63 bits per heavy atom. The summed E-state index contributed by atoms with van der Waals surface area (Å²) in [6.07, 6.45) is 1.67. The van der Waals surface area contributed by atoms with Crippen molar-refractivity contribution in [2.24, 2.45) is 0 Å². The van der Waals surface area contributed by atoms with Gasteiger partial charge in [-0.05, 0) is 24.6 Å². The Kier molecular flexibility index (Phi) is 5.49. The first-order valence-electron chi connectivity index (χ1n) is 8.76. The summed E-state index contributed by atoms with van der Waals surface area (Å²) in [6.45, 7) is 3.77. The maximum Gasteiger partial charge on any atom is 0.354 e. The standard InChI is InChI=1S/C20H21N3O4/c1-14-2-4-15(5-3-14)12-18(24)22-8-10-23(11-9-22)19(25)16-6-7-21-17(13-16)20(26)27/h2-7,13H,8-12H2,1H3,(H,26,27). The van der Waals surface area contributed by atoms with Crippen LogP contribution in [0.15, 0.2) is 42.6 Å². The van der Waals surface area contributed by atoms with Crippen LogP contribution in [0.5, 0.6) is 0 Å². The van der Waals surface area contributed by atoms with Gasteiger partial charge < -0.3 is 14.9 Å². The third-order valence-electron chi connectivity index (χ3n) is 4.62. The zero-order chi connectivity index (χ0) is 19.4. The topological polar surface area (TPSA) is 90.8 Å². The van der Waals surface area contributed by atoms with E-state index in [0.29, 0.717) is 38.2 Å². The molecule has 0 unspecified atom stereocenters. The van der Waals surface area contributed by atoms with Gasteiger partial charge in [0.1, 0.15) is 5.69 Å². The predicted octanol–water partition coefficient (Wildman–Crippen LogP) is 1.62. The molecule has 2 heterocycles. The maximum absolute atomic E-state index is 12.6. The van der Waals surface area contributed by atoms with Crippen LogP contribution in [0, 0.1) is 6.92 Å². The highest BCUT2D eigenvalue weighted by Gasteiger charge is 2.25. The fourth-order valence-corrected chi connectivity index (χ4v) is 3.01. The van der Waals surface area contributed by atoms with E-state index in [0.717, 1.165) is 11.1 Å². The maximum atomic E-state index is 12.6. The van der Waals surface area contributed by atoms with Crippen molar-refractivity contribution in [3.63, 3.8) is 0 Å². The second-order valence-corrected chi connectivity index (χ2v) is 6.57. The van der Waals surface area contributed by atoms with Crippen molar-refractivity contribution in [3.8, 4) is 0 Å². The Balaban J connectivity index is 1.57. The van der Waals surface area contributed by atoms with Crippen LogP contribution in [0.4, 0.5) is 0 Å². The lowest BCUT2D eigenvalue weighted by Gasteiger charge is -2.35. The van der Waals surface area contributed by atoms with E-state index in [1.807, 2.05) is 31.2 Å². The highest BCUT2D eigenvalue weighted by Crippen LogP contribution is 2.12. The third-order valence-corrected chi connectivity index (χ3v) is 4.62. The summed E-state index contributed by atoms with van der Waals surface area (Å²) in [4.78, 5) is 43.2. The SMILES string of the molecule is Cc1ccc(CC(=O)N2CCN(C(=O)c3ccnc(C(=O)O)c3)CC2)cc1. The van der Waals surface area contributed by atoms with Gasteiger partial charge in [0.25, 0.3) is 5.91 Å². The van der Waals surface area contributed by atoms with Gasteiger partial charge >= 0.3 is 5.97 Å². The van der Waals surface area contributed by atoms with Crippen LogP contribution in [-0.4, -0.2) is 63.9 Å². The molecular formula is C20H21N3O4. The molecule has 0 radical (unpaired) electrons. The zero-order valence-corrected chi connectivity index (χ0v) is 15.1. The minimum absolute atomic E-state index is 0.0445. The number of aryl methyl sites for hydroxylation is 1. The van der Waals surface area contributed by atoms with Gasteiger partial charge in [0.05, 0.1) is 6.42 Å². The molecule has 1 aromatic carbocycles. The van der Waals surface area contributed by atoms with Gasteiger partial charge in [-0.15, -0.1) is 0 Å². The molecule has 1 aliphatic heterocycles. The number of piperazine rings is 1. The summed E-state index contributed by atoms with van der Waals surface area (Å²) in [7, 11) is 0. The number of benzene rings is 1. The second kappa shape index (κ2) is 7.99. The molecule has 2 aromatic rings. The Morgan fingerprint density at radius 3 is 2.26 bits per heavy atom. The predicted molar refractivity (Wildman–Crippen MR) is 98.6 cm³/mol. The number of amides is 2. The highest BCUT2D eigenvalue weighted by molar-refractivity contribution is 5.96. The number of aromatic carboxylic acids is 1. The number of nitrogens with zero attached hydrogens (tertiary/aromatic N) is 3. The summed E-state index contributed by atoms with van der Waals surface area (Å²) < 4.78 is 0. The molecule has 27 heavy (non-hydrogen) atoms. The lowest BCUT2D eigenvalue weighted by atomic mass is 10.1. The molecule has 1 N–H and O–H groups in total. The number of carboxylic acids is 1. The van der Waals surface area contributed by atoms with E-state index in [2.05, 4.69) is 4.98 Å². The molecule has 3 rings (SSSR count). The van der Waals surface area contributed by atoms with Gasteiger partial charge in [0.15, 0.2) is 0 Å². The lowest BCUT2D eigenvalue weighted by molar-refractivity contribution is -0.131. The molecule has 0 saturated carbocycles. The lowest BCUT2D eigenvalue weighted by Crippen LogP contribution is -2.51. The van der Waals surface area contributed by atoms with E-state index in [9.17, 15) is 14.4 Å². The summed E-state index contributed by atoms with van der Waals surface area (Å²) in [6, 6.07) is 10.7. The quantitative estimate of drug-likeness (QED) is 0.887. The van der Waals surface area contributed by atoms with Crippen molar-refractivity contribution >= 4 is 17.8 Å². The fraction of sp³-hybridized carbons (Fsp3) is 0.300. The number of carbonyl (C=O) groups is 3. The number of aromatic nitrogens is 1. The summed E-state index contributed by atoms with van der Waals surface area (Å²) in [5.74, 6) is -1.37. The largest absolute Gasteiger partial charge is 0.477 e. The second-order valence-electron chi connectivity index (χ2n) is 6.57. The monoisotopic (exact) mass is 367 g/mol. The first kappa shape index (κ1) is 18.6. The molecule has 1 aromatic heterocycles. The Labute approximate surface area is 157 Å². The Hall–Kier alpha value is -3.22. The molecule has 140 valence electrons. The van der Waals surface area contributed by atoms with E-state index in [1.54, 1.807) is 9.80 Å². The van der Waals surface area contributed by atoms with Gasteiger partial charge in [0, 0.05) is 37.9 Å². The minimum Gasteiger partial charge on any atom is -0.477 e. The molecule has 0 atom stereocenters. The average molecular weight is 367 g/mol. The molecule has 7 nitrogen and oxygen atoms in total. The summed E-state index contributed by atoms with van der Waals surface area (Å²) in [5.41, 5.74) is 2.26. The van der Waals surface area contributed by atoms with Crippen molar-refractivity contribution < 1.29 is 19.5 Å². The number of carbonyl (C=O) groups excluding carboxylic acids is 2. The Morgan fingerprint density at radius 1 is 1.00 bits per heavy atom. The fourth-order valence-electron chi connectivity index (χ4n) is 3.01. The van der Waals surface area contributed by atoms with Crippen LogP contribution in [0.25, 0.3) is 0 Å². The van der Waals surface area contributed by atoms with Crippen LogP contribution in [0.3, 0.4) is 0 Å².